The van der Waals surface area contributed by atoms with Crippen LogP contribution < -0.4 is 5.32 Å². The molecule has 0 saturated heterocycles. The molecule has 20 heavy (non-hydrogen) atoms. The summed E-state index contributed by atoms with van der Waals surface area (Å²) in [6.07, 6.45) is 2.43. The van der Waals surface area contributed by atoms with Crippen molar-refractivity contribution in [3.05, 3.63) is 0 Å². The number of aliphatic carboxylic acids is 1. The lowest BCUT2D eigenvalue weighted by Gasteiger charge is -2.29. The fourth-order valence-corrected chi connectivity index (χ4v) is 2.07. The van der Waals surface area contributed by atoms with E-state index >= 15 is 0 Å². The Hall–Kier alpha value is -0.690. The van der Waals surface area contributed by atoms with Crippen molar-refractivity contribution in [3.8, 4) is 0 Å². The van der Waals surface area contributed by atoms with E-state index in [2.05, 4.69) is 5.32 Å². The van der Waals surface area contributed by atoms with Crippen LogP contribution in [0.25, 0.3) is 0 Å². The SMILES string of the molecule is COCCOCCOC(C)CC(C)(NC1CC1)C(=O)O. The summed E-state index contributed by atoms with van der Waals surface area (Å²) < 4.78 is 15.8. The van der Waals surface area contributed by atoms with Crippen LogP contribution in [0.3, 0.4) is 0 Å². The van der Waals surface area contributed by atoms with Crippen LogP contribution in [0, 0.1) is 0 Å². The maximum atomic E-state index is 11.4. The maximum Gasteiger partial charge on any atom is 0.323 e. The standard InChI is InChI=1S/C14H27NO5/c1-11(20-9-8-19-7-6-18-3)10-14(2,13(16)17)15-12-4-5-12/h11-12,15H,4-10H2,1-3H3,(H,16,17). The molecule has 0 spiro atoms. The number of ether oxygens (including phenoxy) is 3. The molecule has 1 aliphatic rings. The van der Waals surface area contributed by atoms with Gasteiger partial charge in [-0.05, 0) is 26.7 Å². The number of carboxylic acids is 1. The zero-order valence-corrected chi connectivity index (χ0v) is 12.7. The monoisotopic (exact) mass is 289 g/mol. The Balaban J connectivity index is 2.20. The van der Waals surface area contributed by atoms with Crippen LogP contribution >= 0.6 is 0 Å². The van der Waals surface area contributed by atoms with Gasteiger partial charge >= 0.3 is 5.97 Å². The smallest absolute Gasteiger partial charge is 0.323 e. The summed E-state index contributed by atoms with van der Waals surface area (Å²) in [5.74, 6) is -0.823. The summed E-state index contributed by atoms with van der Waals surface area (Å²) in [6, 6.07) is 0.348. The van der Waals surface area contributed by atoms with Crippen molar-refractivity contribution in [2.24, 2.45) is 0 Å². The molecule has 118 valence electrons. The topological polar surface area (TPSA) is 77.0 Å². The molecule has 0 amide bonds. The van der Waals surface area contributed by atoms with Crippen molar-refractivity contribution in [1.29, 1.82) is 0 Å². The van der Waals surface area contributed by atoms with Gasteiger partial charge in [-0.25, -0.2) is 0 Å². The molecule has 1 aliphatic carbocycles. The first-order chi connectivity index (χ1) is 9.48. The summed E-state index contributed by atoms with van der Waals surface area (Å²) in [7, 11) is 1.63. The van der Waals surface area contributed by atoms with E-state index in [0.717, 1.165) is 12.8 Å². The molecule has 0 heterocycles. The molecule has 0 aromatic heterocycles. The number of methoxy groups -OCH3 is 1. The first-order valence-corrected chi connectivity index (χ1v) is 7.17. The van der Waals surface area contributed by atoms with Crippen LogP contribution in [-0.4, -0.2) is 62.3 Å². The summed E-state index contributed by atoms with van der Waals surface area (Å²) in [4.78, 5) is 11.4. The molecule has 2 N–H and O–H groups in total. The molecule has 0 radical (unpaired) electrons. The Kier molecular flexibility index (Phi) is 7.43. The molecule has 2 atom stereocenters. The predicted molar refractivity (Wildman–Crippen MR) is 74.9 cm³/mol. The van der Waals surface area contributed by atoms with Gasteiger partial charge in [0.15, 0.2) is 0 Å². The number of nitrogens with one attached hydrogen (secondary N) is 1. The molecule has 0 aliphatic heterocycles. The molecule has 1 rings (SSSR count). The predicted octanol–water partition coefficient (Wildman–Crippen LogP) is 1.04. The van der Waals surface area contributed by atoms with Crippen LogP contribution in [0.15, 0.2) is 0 Å². The van der Waals surface area contributed by atoms with Crippen molar-refractivity contribution in [1.82, 2.24) is 5.32 Å². The van der Waals surface area contributed by atoms with E-state index in [1.807, 2.05) is 6.92 Å². The number of carboxylic acid groups (broad SMARTS) is 1. The summed E-state index contributed by atoms with van der Waals surface area (Å²) in [6.45, 7) is 5.69. The minimum absolute atomic E-state index is 0.131. The van der Waals surface area contributed by atoms with E-state index in [-0.39, 0.29) is 6.10 Å². The Morgan fingerprint density at radius 3 is 2.55 bits per heavy atom. The zero-order chi connectivity index (χ0) is 15.0. The lowest BCUT2D eigenvalue weighted by Crippen LogP contribution is -2.52. The van der Waals surface area contributed by atoms with Crippen LogP contribution in [0.5, 0.6) is 0 Å². The Morgan fingerprint density at radius 2 is 2.00 bits per heavy atom. The van der Waals surface area contributed by atoms with Crippen molar-refractivity contribution in [2.45, 2.75) is 50.8 Å². The molecule has 6 nitrogen and oxygen atoms in total. The Labute approximate surface area is 120 Å². The highest BCUT2D eigenvalue weighted by Gasteiger charge is 2.39. The highest BCUT2D eigenvalue weighted by molar-refractivity contribution is 5.78. The third-order valence-electron chi connectivity index (χ3n) is 3.33. The lowest BCUT2D eigenvalue weighted by molar-refractivity contribution is -0.146. The lowest BCUT2D eigenvalue weighted by atomic mass is 9.94. The van der Waals surface area contributed by atoms with Crippen molar-refractivity contribution >= 4 is 5.97 Å². The largest absolute Gasteiger partial charge is 0.480 e. The third kappa shape index (κ3) is 6.65. The quantitative estimate of drug-likeness (QED) is 0.523. The van der Waals surface area contributed by atoms with E-state index in [1.165, 1.54) is 0 Å². The first-order valence-electron chi connectivity index (χ1n) is 7.17. The third-order valence-corrected chi connectivity index (χ3v) is 3.33. The van der Waals surface area contributed by atoms with Gasteiger partial charge < -0.3 is 19.3 Å². The molecule has 1 fully saturated rings. The fourth-order valence-electron chi connectivity index (χ4n) is 2.07. The second-order valence-electron chi connectivity index (χ2n) is 5.55. The van der Waals surface area contributed by atoms with Crippen LogP contribution in [0.2, 0.25) is 0 Å². The van der Waals surface area contributed by atoms with Gasteiger partial charge in [0, 0.05) is 19.6 Å². The van der Waals surface area contributed by atoms with Gasteiger partial charge in [-0.3, -0.25) is 10.1 Å². The minimum Gasteiger partial charge on any atom is -0.480 e. The van der Waals surface area contributed by atoms with E-state index in [9.17, 15) is 9.90 Å². The summed E-state index contributed by atoms with van der Waals surface area (Å²) in [5, 5.41) is 12.6. The average Bonchev–Trinajstić information content (AvgIpc) is 3.17. The van der Waals surface area contributed by atoms with E-state index in [0.29, 0.717) is 38.9 Å². The van der Waals surface area contributed by atoms with E-state index in [1.54, 1.807) is 14.0 Å². The number of hydrogen-bond donors (Lipinski definition) is 2. The molecule has 2 unspecified atom stereocenters. The maximum absolute atomic E-state index is 11.4. The van der Waals surface area contributed by atoms with Crippen molar-refractivity contribution in [2.75, 3.05) is 33.5 Å². The molecule has 1 saturated carbocycles. The number of rotatable bonds is 12. The van der Waals surface area contributed by atoms with Gasteiger partial charge in [0.1, 0.15) is 5.54 Å². The van der Waals surface area contributed by atoms with Crippen LogP contribution in [-0.2, 0) is 19.0 Å². The summed E-state index contributed by atoms with van der Waals surface area (Å²) in [5.41, 5.74) is -0.919. The molecular weight excluding hydrogens is 262 g/mol. The normalized spacial score (nSPS) is 19.6. The van der Waals surface area contributed by atoms with Gasteiger partial charge in [-0.2, -0.15) is 0 Å². The van der Waals surface area contributed by atoms with Gasteiger partial charge in [0.25, 0.3) is 0 Å². The van der Waals surface area contributed by atoms with Crippen molar-refractivity contribution in [3.63, 3.8) is 0 Å². The molecule has 0 aromatic carbocycles. The first kappa shape index (κ1) is 17.4. The summed E-state index contributed by atoms with van der Waals surface area (Å²) >= 11 is 0. The van der Waals surface area contributed by atoms with E-state index < -0.39 is 11.5 Å². The molecule has 0 bridgehead atoms. The fraction of sp³-hybridized carbons (Fsp3) is 0.929. The van der Waals surface area contributed by atoms with E-state index in [4.69, 9.17) is 14.2 Å². The second kappa shape index (κ2) is 8.56. The highest BCUT2D eigenvalue weighted by atomic mass is 16.5. The highest BCUT2D eigenvalue weighted by Crippen LogP contribution is 2.25. The molecular formula is C14H27NO5. The van der Waals surface area contributed by atoms with Gasteiger partial charge in [-0.15, -0.1) is 0 Å². The van der Waals surface area contributed by atoms with Crippen molar-refractivity contribution < 1.29 is 24.1 Å². The van der Waals surface area contributed by atoms with Gasteiger partial charge in [0.05, 0.1) is 32.5 Å². The number of carbonyl (C=O) groups is 1. The van der Waals surface area contributed by atoms with Gasteiger partial charge in [-0.1, -0.05) is 0 Å². The molecule has 0 aromatic rings. The van der Waals surface area contributed by atoms with Crippen LogP contribution in [0.4, 0.5) is 0 Å². The molecule has 6 heteroatoms. The minimum atomic E-state index is -0.919. The second-order valence-corrected chi connectivity index (χ2v) is 5.55. The average molecular weight is 289 g/mol. The Morgan fingerprint density at radius 1 is 1.35 bits per heavy atom. The van der Waals surface area contributed by atoms with Gasteiger partial charge in [0.2, 0.25) is 0 Å². The van der Waals surface area contributed by atoms with Crippen LogP contribution in [0.1, 0.15) is 33.1 Å². The Bertz CT molecular complexity index is 295. The number of hydrogen-bond acceptors (Lipinski definition) is 5. The zero-order valence-electron chi connectivity index (χ0n) is 12.7.